The molecule has 0 bridgehead atoms. The van der Waals surface area contributed by atoms with Crippen LogP contribution in [0.4, 0.5) is 5.69 Å². The Morgan fingerprint density at radius 2 is 1.85 bits per heavy atom. The summed E-state index contributed by atoms with van der Waals surface area (Å²) in [6, 6.07) is 14.0. The number of fused-ring (bicyclic) bond motifs is 1. The molecule has 26 heavy (non-hydrogen) atoms. The van der Waals surface area contributed by atoms with Gasteiger partial charge in [0.2, 0.25) is 0 Å². The first-order valence-corrected chi connectivity index (χ1v) is 9.93. The molecule has 5 nitrogen and oxygen atoms in total. The second kappa shape index (κ2) is 7.33. The molecule has 0 atom stereocenters. The SMILES string of the molecule is CCOC(=O)/C=C1\CCN(S(=O)(=O)c2ccc(C)cc2)c2ccccc21. The van der Waals surface area contributed by atoms with Gasteiger partial charge < -0.3 is 4.74 Å². The monoisotopic (exact) mass is 371 g/mol. The molecule has 0 radical (unpaired) electrons. The molecule has 0 spiro atoms. The van der Waals surface area contributed by atoms with E-state index < -0.39 is 16.0 Å². The van der Waals surface area contributed by atoms with E-state index in [1.807, 2.05) is 19.1 Å². The summed E-state index contributed by atoms with van der Waals surface area (Å²) in [6.07, 6.45) is 1.90. The molecule has 0 saturated heterocycles. The number of benzene rings is 2. The zero-order valence-corrected chi connectivity index (χ0v) is 15.6. The molecule has 1 aliphatic rings. The number of ether oxygens (including phenoxy) is 1. The molecule has 0 fully saturated rings. The minimum absolute atomic E-state index is 0.260. The van der Waals surface area contributed by atoms with E-state index in [1.165, 1.54) is 10.4 Å². The minimum atomic E-state index is -3.66. The Balaban J connectivity index is 2.03. The lowest BCUT2D eigenvalue weighted by molar-refractivity contribution is -0.137. The van der Waals surface area contributed by atoms with E-state index >= 15 is 0 Å². The molecule has 136 valence electrons. The van der Waals surface area contributed by atoms with Gasteiger partial charge in [0, 0.05) is 18.2 Å². The van der Waals surface area contributed by atoms with Gasteiger partial charge in [0.25, 0.3) is 10.0 Å². The lowest BCUT2D eigenvalue weighted by Gasteiger charge is -2.31. The highest BCUT2D eigenvalue weighted by Crippen LogP contribution is 2.37. The van der Waals surface area contributed by atoms with Crippen LogP contribution in [-0.4, -0.2) is 27.5 Å². The zero-order valence-electron chi connectivity index (χ0n) is 14.8. The minimum Gasteiger partial charge on any atom is -0.463 e. The first-order valence-electron chi connectivity index (χ1n) is 8.49. The van der Waals surface area contributed by atoms with E-state index in [9.17, 15) is 13.2 Å². The van der Waals surface area contributed by atoms with E-state index in [2.05, 4.69) is 0 Å². The summed E-state index contributed by atoms with van der Waals surface area (Å²) in [5.41, 5.74) is 3.11. The quantitative estimate of drug-likeness (QED) is 0.609. The molecule has 2 aromatic rings. The fraction of sp³-hybridized carbons (Fsp3) is 0.250. The van der Waals surface area contributed by atoms with Crippen LogP contribution in [0.3, 0.4) is 0 Å². The van der Waals surface area contributed by atoms with Crippen molar-refractivity contribution in [3.8, 4) is 0 Å². The van der Waals surface area contributed by atoms with E-state index in [-0.39, 0.29) is 11.4 Å². The maximum absolute atomic E-state index is 13.1. The summed E-state index contributed by atoms with van der Waals surface area (Å²) in [5.74, 6) is -0.410. The number of rotatable bonds is 4. The maximum Gasteiger partial charge on any atom is 0.331 e. The largest absolute Gasteiger partial charge is 0.463 e. The molecule has 6 heteroatoms. The molecule has 0 N–H and O–H groups in total. The summed E-state index contributed by atoms with van der Waals surface area (Å²) < 4.78 is 32.6. The molecule has 0 unspecified atom stereocenters. The predicted molar refractivity (Wildman–Crippen MR) is 101 cm³/mol. The van der Waals surface area contributed by atoms with Gasteiger partial charge >= 0.3 is 5.97 Å². The lowest BCUT2D eigenvalue weighted by Crippen LogP contribution is -2.35. The highest BCUT2D eigenvalue weighted by Gasteiger charge is 2.30. The van der Waals surface area contributed by atoms with E-state index in [0.717, 1.165) is 16.7 Å². The first kappa shape index (κ1) is 18.2. The van der Waals surface area contributed by atoms with Crippen LogP contribution < -0.4 is 4.31 Å². The van der Waals surface area contributed by atoms with Crippen LogP contribution >= 0.6 is 0 Å². The average molecular weight is 371 g/mol. The van der Waals surface area contributed by atoms with Crippen molar-refractivity contribution in [2.75, 3.05) is 17.5 Å². The fourth-order valence-electron chi connectivity index (χ4n) is 3.00. The molecule has 0 aliphatic carbocycles. The Bertz CT molecular complexity index is 946. The maximum atomic E-state index is 13.1. The number of hydrogen-bond acceptors (Lipinski definition) is 4. The third-order valence-corrected chi connectivity index (χ3v) is 6.12. The lowest BCUT2D eigenvalue weighted by atomic mass is 9.97. The number of esters is 1. The Labute approximate surface area is 154 Å². The first-order chi connectivity index (χ1) is 12.4. The van der Waals surface area contributed by atoms with E-state index in [0.29, 0.717) is 18.7 Å². The standard InChI is InChI=1S/C20H21NO4S/c1-3-25-20(22)14-16-12-13-21(19-7-5-4-6-18(16)19)26(23,24)17-10-8-15(2)9-11-17/h4-11,14H,3,12-13H2,1-2H3/b16-14+. The third-order valence-electron chi connectivity index (χ3n) is 4.29. The Morgan fingerprint density at radius 3 is 2.54 bits per heavy atom. The smallest absolute Gasteiger partial charge is 0.331 e. The van der Waals surface area contributed by atoms with Crippen LogP contribution in [-0.2, 0) is 19.6 Å². The molecule has 2 aromatic carbocycles. The number of carbonyl (C=O) groups excluding carboxylic acids is 1. The van der Waals surface area contributed by atoms with Crippen LogP contribution in [0.15, 0.2) is 59.5 Å². The van der Waals surface area contributed by atoms with Crippen LogP contribution in [0.5, 0.6) is 0 Å². The molecule has 1 heterocycles. The van der Waals surface area contributed by atoms with Crippen molar-refractivity contribution in [2.45, 2.75) is 25.2 Å². The Morgan fingerprint density at radius 1 is 1.15 bits per heavy atom. The van der Waals surface area contributed by atoms with Gasteiger partial charge in [-0.25, -0.2) is 13.2 Å². The number of para-hydroxylation sites is 1. The van der Waals surface area contributed by atoms with Crippen molar-refractivity contribution in [1.29, 1.82) is 0 Å². The van der Waals surface area contributed by atoms with Crippen LogP contribution in [0.1, 0.15) is 24.5 Å². The average Bonchev–Trinajstić information content (AvgIpc) is 2.62. The van der Waals surface area contributed by atoms with Crippen molar-refractivity contribution in [3.63, 3.8) is 0 Å². The molecule has 0 amide bonds. The second-order valence-corrected chi connectivity index (χ2v) is 7.94. The van der Waals surface area contributed by atoms with Crippen LogP contribution in [0, 0.1) is 6.92 Å². The summed E-state index contributed by atoms with van der Waals surface area (Å²) in [5, 5.41) is 0. The highest BCUT2D eigenvalue weighted by molar-refractivity contribution is 7.92. The third kappa shape index (κ3) is 3.51. The van der Waals surface area contributed by atoms with Crippen molar-refractivity contribution in [2.24, 2.45) is 0 Å². The van der Waals surface area contributed by atoms with Gasteiger partial charge in [-0.3, -0.25) is 4.31 Å². The Hall–Kier alpha value is -2.60. The van der Waals surface area contributed by atoms with Crippen molar-refractivity contribution in [1.82, 2.24) is 0 Å². The zero-order chi connectivity index (χ0) is 18.7. The number of anilines is 1. The van der Waals surface area contributed by atoms with Gasteiger partial charge in [0.15, 0.2) is 0 Å². The molecule has 1 aliphatic heterocycles. The van der Waals surface area contributed by atoms with Gasteiger partial charge in [0.05, 0.1) is 17.2 Å². The summed E-state index contributed by atoms with van der Waals surface area (Å²) in [7, 11) is -3.66. The van der Waals surface area contributed by atoms with Crippen LogP contribution in [0.2, 0.25) is 0 Å². The number of sulfonamides is 1. The molecule has 0 aromatic heterocycles. The van der Waals surface area contributed by atoms with Crippen molar-refractivity contribution < 1.29 is 17.9 Å². The fourth-order valence-corrected chi connectivity index (χ4v) is 4.49. The number of carbonyl (C=O) groups is 1. The van der Waals surface area contributed by atoms with Gasteiger partial charge in [-0.15, -0.1) is 0 Å². The normalized spacial score (nSPS) is 15.6. The predicted octanol–water partition coefficient (Wildman–Crippen LogP) is 3.54. The number of aryl methyl sites for hydroxylation is 1. The van der Waals surface area contributed by atoms with Gasteiger partial charge in [0.1, 0.15) is 0 Å². The molecule has 3 rings (SSSR count). The van der Waals surface area contributed by atoms with Gasteiger partial charge in [-0.05, 0) is 44.0 Å². The van der Waals surface area contributed by atoms with E-state index in [4.69, 9.17) is 4.74 Å². The topological polar surface area (TPSA) is 63.7 Å². The molecular weight excluding hydrogens is 350 g/mol. The molecule has 0 saturated carbocycles. The van der Waals surface area contributed by atoms with Gasteiger partial charge in [-0.1, -0.05) is 35.9 Å². The van der Waals surface area contributed by atoms with Crippen molar-refractivity contribution >= 4 is 27.3 Å². The highest BCUT2D eigenvalue weighted by atomic mass is 32.2. The van der Waals surface area contributed by atoms with E-state index in [1.54, 1.807) is 43.3 Å². The van der Waals surface area contributed by atoms with Gasteiger partial charge in [-0.2, -0.15) is 0 Å². The number of hydrogen-bond donors (Lipinski definition) is 0. The van der Waals surface area contributed by atoms with Crippen LogP contribution in [0.25, 0.3) is 5.57 Å². The molecular formula is C20H21NO4S. The Kier molecular flexibility index (Phi) is 5.13. The second-order valence-electron chi connectivity index (χ2n) is 6.08. The van der Waals surface area contributed by atoms with Crippen molar-refractivity contribution in [3.05, 3.63) is 65.7 Å². The summed E-state index contributed by atoms with van der Waals surface area (Å²) in [6.45, 7) is 4.25. The summed E-state index contributed by atoms with van der Waals surface area (Å²) in [4.78, 5) is 12.1. The number of nitrogens with zero attached hydrogens (tertiary/aromatic N) is 1. The summed E-state index contributed by atoms with van der Waals surface area (Å²) >= 11 is 0.